The highest BCUT2D eigenvalue weighted by molar-refractivity contribution is 6.65. The molecule has 1 N–H and O–H groups in total. The minimum absolute atomic E-state index is 0.0431. The molecule has 0 bridgehead atoms. The molecule has 0 aliphatic rings. The van der Waals surface area contributed by atoms with Crippen molar-refractivity contribution >= 4 is 8.72 Å². The fraction of sp³-hybridized carbons (Fsp3) is 1.00. The molecule has 0 aromatic rings. The third-order valence-electron chi connectivity index (χ3n) is 2.50. The van der Waals surface area contributed by atoms with E-state index in [1.807, 2.05) is 0 Å². The van der Waals surface area contributed by atoms with Crippen molar-refractivity contribution in [3.8, 4) is 0 Å². The van der Waals surface area contributed by atoms with Crippen molar-refractivity contribution in [1.82, 2.24) is 4.98 Å². The van der Waals surface area contributed by atoms with Crippen LogP contribution >= 0.6 is 0 Å². The molecule has 0 aliphatic carbocycles. The van der Waals surface area contributed by atoms with Gasteiger partial charge in [0.2, 0.25) is 0 Å². The van der Waals surface area contributed by atoms with Gasteiger partial charge in [-0.05, 0) is 33.6 Å². The zero-order valence-electron chi connectivity index (χ0n) is 13.3. The molecule has 0 atom stereocenters. The monoisotopic (exact) mass is 275 g/mol. The van der Waals surface area contributed by atoms with Gasteiger partial charge in [-0.1, -0.05) is 33.6 Å². The van der Waals surface area contributed by atoms with Crippen molar-refractivity contribution in [3.63, 3.8) is 0 Å². The predicted octanol–water partition coefficient (Wildman–Crippen LogP) is 3.97. The molecule has 0 saturated heterocycles. The summed E-state index contributed by atoms with van der Waals surface area (Å²) >= 11 is 0. The molecule has 0 unspecified atom stereocenters. The maximum Gasteiger partial charge on any atom is 0.425 e. The van der Waals surface area contributed by atoms with E-state index in [2.05, 4.69) is 46.5 Å². The Morgan fingerprint density at radius 2 is 1.39 bits per heavy atom. The molecule has 3 nitrogen and oxygen atoms in total. The van der Waals surface area contributed by atoms with E-state index in [-0.39, 0.29) is 5.54 Å². The molecular weight excluding hydrogens is 242 g/mol. The molecule has 0 saturated carbocycles. The van der Waals surface area contributed by atoms with Gasteiger partial charge < -0.3 is 8.85 Å². The zero-order valence-corrected chi connectivity index (χ0v) is 14.3. The van der Waals surface area contributed by atoms with Crippen LogP contribution in [0.5, 0.6) is 0 Å². The van der Waals surface area contributed by atoms with Crippen LogP contribution in [0.3, 0.4) is 0 Å². The fourth-order valence-corrected chi connectivity index (χ4v) is 5.51. The number of hydrogen-bond donors (Lipinski definition) is 1. The van der Waals surface area contributed by atoms with Crippen molar-refractivity contribution in [2.45, 2.75) is 78.8 Å². The van der Waals surface area contributed by atoms with Crippen LogP contribution in [0.25, 0.3) is 0 Å². The van der Waals surface area contributed by atoms with Crippen molar-refractivity contribution in [1.29, 1.82) is 0 Å². The zero-order chi connectivity index (χ0) is 14.1. The largest absolute Gasteiger partial charge is 0.425 e. The summed E-state index contributed by atoms with van der Waals surface area (Å²) in [4.78, 5) is 3.67. The molecule has 0 rings (SSSR count). The van der Waals surface area contributed by atoms with E-state index in [4.69, 9.17) is 8.85 Å². The van der Waals surface area contributed by atoms with E-state index in [1.54, 1.807) is 0 Å². The van der Waals surface area contributed by atoms with Crippen molar-refractivity contribution in [2.75, 3.05) is 13.2 Å². The smallest absolute Gasteiger partial charge is 0.383 e. The highest BCUT2D eigenvalue weighted by atomic mass is 28.4. The molecule has 18 heavy (non-hydrogen) atoms. The lowest BCUT2D eigenvalue weighted by Crippen LogP contribution is -2.62. The van der Waals surface area contributed by atoms with Crippen LogP contribution in [0, 0.1) is 0 Å². The summed E-state index contributed by atoms with van der Waals surface area (Å²) in [5, 5.41) is 0. The van der Waals surface area contributed by atoms with Crippen LogP contribution in [0.1, 0.15) is 67.2 Å². The van der Waals surface area contributed by atoms with E-state index >= 15 is 0 Å². The van der Waals surface area contributed by atoms with Gasteiger partial charge in [-0.25, -0.2) is 0 Å². The Bertz CT molecular complexity index is 183. The molecule has 0 amide bonds. The molecule has 0 fully saturated rings. The minimum atomic E-state index is -2.24. The van der Waals surface area contributed by atoms with Crippen molar-refractivity contribution < 1.29 is 8.85 Å². The number of hydrogen-bond acceptors (Lipinski definition) is 3. The van der Waals surface area contributed by atoms with Crippen molar-refractivity contribution in [3.05, 3.63) is 0 Å². The average molecular weight is 276 g/mol. The van der Waals surface area contributed by atoms with Crippen LogP contribution in [-0.4, -0.2) is 27.5 Å². The molecule has 0 spiro atoms. The normalized spacial score (nSPS) is 13.0. The van der Waals surface area contributed by atoms with Gasteiger partial charge in [-0.3, -0.25) is 4.98 Å². The fourth-order valence-electron chi connectivity index (χ4n) is 1.84. The predicted molar refractivity (Wildman–Crippen MR) is 80.8 cm³/mol. The Kier molecular flexibility index (Phi) is 9.12. The molecule has 0 aromatic carbocycles. The summed E-state index contributed by atoms with van der Waals surface area (Å²) in [7, 11) is -2.24. The number of nitrogens with one attached hydrogen (secondary N) is 1. The maximum atomic E-state index is 6.16. The number of unbranched alkanes of at least 4 members (excludes halogenated alkanes) is 1. The second-order valence-electron chi connectivity index (χ2n) is 5.93. The van der Waals surface area contributed by atoms with Crippen LogP contribution < -0.4 is 4.98 Å². The molecule has 0 radical (unpaired) electrons. The summed E-state index contributed by atoms with van der Waals surface area (Å²) in [6.07, 6.45) is 4.44. The van der Waals surface area contributed by atoms with Gasteiger partial charge in [0.25, 0.3) is 0 Å². The van der Waals surface area contributed by atoms with Gasteiger partial charge in [0.1, 0.15) is 0 Å². The van der Waals surface area contributed by atoms with E-state index in [1.165, 1.54) is 12.8 Å². The summed E-state index contributed by atoms with van der Waals surface area (Å²) in [5.41, 5.74) is 0.0431. The highest BCUT2D eigenvalue weighted by Gasteiger charge is 2.40. The average Bonchev–Trinajstić information content (AvgIpc) is 2.29. The summed E-state index contributed by atoms with van der Waals surface area (Å²) in [6.45, 7) is 14.7. The highest BCUT2D eigenvalue weighted by Crippen LogP contribution is 2.19. The minimum Gasteiger partial charge on any atom is -0.383 e. The second kappa shape index (κ2) is 9.07. The molecule has 0 aliphatic heterocycles. The molecular formula is C14H33NO2Si. The van der Waals surface area contributed by atoms with Gasteiger partial charge in [-0.2, -0.15) is 0 Å². The maximum absolute atomic E-state index is 6.16. The lowest BCUT2D eigenvalue weighted by Gasteiger charge is -2.37. The lowest BCUT2D eigenvalue weighted by atomic mass is 10.1. The molecule has 110 valence electrons. The van der Waals surface area contributed by atoms with Crippen molar-refractivity contribution in [2.24, 2.45) is 0 Å². The van der Waals surface area contributed by atoms with E-state index in [0.29, 0.717) is 0 Å². The van der Waals surface area contributed by atoms with E-state index in [0.717, 1.165) is 32.1 Å². The first-order chi connectivity index (χ1) is 8.39. The SMILES string of the molecule is CCCC[Si](NC(C)(C)C)(OCCC)OCCC. The van der Waals surface area contributed by atoms with E-state index in [9.17, 15) is 0 Å². The summed E-state index contributed by atoms with van der Waals surface area (Å²) < 4.78 is 12.3. The molecule has 0 heterocycles. The quantitative estimate of drug-likeness (QED) is 0.612. The summed E-state index contributed by atoms with van der Waals surface area (Å²) in [6, 6.07) is 1.04. The second-order valence-corrected chi connectivity index (χ2v) is 8.76. The Morgan fingerprint density at radius 1 is 0.889 bits per heavy atom. The van der Waals surface area contributed by atoms with Gasteiger partial charge in [-0.15, -0.1) is 0 Å². The van der Waals surface area contributed by atoms with Gasteiger partial charge in [0, 0.05) is 24.8 Å². The van der Waals surface area contributed by atoms with Crippen LogP contribution in [0.15, 0.2) is 0 Å². The Morgan fingerprint density at radius 3 is 1.72 bits per heavy atom. The van der Waals surface area contributed by atoms with Gasteiger partial charge in [0.15, 0.2) is 0 Å². The van der Waals surface area contributed by atoms with Gasteiger partial charge in [0.05, 0.1) is 0 Å². The lowest BCUT2D eigenvalue weighted by molar-refractivity contribution is 0.146. The molecule has 0 aromatic heterocycles. The van der Waals surface area contributed by atoms with E-state index < -0.39 is 8.72 Å². The summed E-state index contributed by atoms with van der Waals surface area (Å²) in [5.74, 6) is 0. The van der Waals surface area contributed by atoms with Crippen LogP contribution in [-0.2, 0) is 8.85 Å². The Hall–Kier alpha value is 0.0969. The first kappa shape index (κ1) is 18.1. The standard InChI is InChI=1S/C14H33NO2Si/c1-7-10-13-18(16-11-8-2,17-12-9-3)15-14(4,5)6/h15H,7-13H2,1-6H3. The van der Waals surface area contributed by atoms with Gasteiger partial charge >= 0.3 is 8.72 Å². The third kappa shape index (κ3) is 8.24. The first-order valence-corrected chi connectivity index (χ1v) is 9.48. The number of rotatable bonds is 10. The van der Waals surface area contributed by atoms with Crippen LogP contribution in [0.2, 0.25) is 6.04 Å². The topological polar surface area (TPSA) is 30.5 Å². The Labute approximate surface area is 115 Å². The molecule has 4 heteroatoms. The first-order valence-electron chi connectivity index (χ1n) is 7.46. The Balaban J connectivity index is 4.73. The van der Waals surface area contributed by atoms with Crippen LogP contribution in [0.4, 0.5) is 0 Å². The third-order valence-corrected chi connectivity index (χ3v) is 5.99.